The van der Waals surface area contributed by atoms with E-state index < -0.39 is 0 Å². The molecular formula is C49H43FIrN2O-2. The van der Waals surface area contributed by atoms with E-state index in [0.717, 1.165) is 77.5 Å². The quantitative estimate of drug-likeness (QED) is 0.162. The summed E-state index contributed by atoms with van der Waals surface area (Å²) < 4.78 is 20.6. The Hall–Kier alpha value is -4.96. The summed E-state index contributed by atoms with van der Waals surface area (Å²) in [6, 6.07) is 40.8. The van der Waals surface area contributed by atoms with Crippen LogP contribution < -0.4 is 0 Å². The predicted octanol–water partition coefficient (Wildman–Crippen LogP) is 13.2. The van der Waals surface area contributed by atoms with Crippen molar-refractivity contribution in [3.63, 3.8) is 0 Å². The van der Waals surface area contributed by atoms with Crippen LogP contribution in [0.1, 0.15) is 77.6 Å². The number of hydrogen-bond donors (Lipinski definition) is 0. The number of pyridine rings is 2. The van der Waals surface area contributed by atoms with Crippen LogP contribution in [0.25, 0.3) is 66.4 Å². The summed E-state index contributed by atoms with van der Waals surface area (Å²) in [5, 5.41) is 4.13. The Bertz CT molecular complexity index is 2600. The molecule has 0 fully saturated rings. The molecule has 5 heteroatoms. The maximum absolute atomic E-state index is 14.3. The van der Waals surface area contributed by atoms with E-state index in [9.17, 15) is 4.39 Å². The molecule has 3 heterocycles. The number of hydrogen-bond acceptors (Lipinski definition) is 3. The topological polar surface area (TPSA) is 38.9 Å². The molecule has 8 aromatic rings. The van der Waals surface area contributed by atoms with Gasteiger partial charge in [-0.15, -0.1) is 53.6 Å². The first-order valence-electron chi connectivity index (χ1n) is 18.3. The largest absolute Gasteiger partial charge is 0.501 e. The monoisotopic (exact) mass is 887 g/mol. The Kier molecular flexibility index (Phi) is 9.49. The Labute approximate surface area is 331 Å². The number of furan rings is 1. The first-order chi connectivity index (χ1) is 25.2. The third kappa shape index (κ3) is 6.48. The molecule has 5 aromatic carbocycles. The van der Waals surface area contributed by atoms with Crippen molar-refractivity contribution in [1.29, 1.82) is 0 Å². The summed E-state index contributed by atoms with van der Waals surface area (Å²) in [6.45, 7) is 17.7. The molecule has 0 aliphatic heterocycles. The van der Waals surface area contributed by atoms with E-state index in [2.05, 4.69) is 127 Å². The number of benzene rings is 5. The van der Waals surface area contributed by atoms with Gasteiger partial charge in [-0.2, -0.15) is 0 Å². The Morgan fingerprint density at radius 2 is 1.41 bits per heavy atom. The molecular weight excluding hydrogens is 844 g/mol. The third-order valence-electron chi connectivity index (χ3n) is 10.6. The Balaban J connectivity index is 0.000000186. The van der Waals surface area contributed by atoms with Crippen molar-refractivity contribution in [1.82, 2.24) is 9.97 Å². The molecule has 0 unspecified atom stereocenters. The molecule has 0 saturated carbocycles. The minimum Gasteiger partial charge on any atom is -0.501 e. The van der Waals surface area contributed by atoms with Crippen LogP contribution in [-0.4, -0.2) is 9.97 Å². The summed E-state index contributed by atoms with van der Waals surface area (Å²) >= 11 is 0. The van der Waals surface area contributed by atoms with E-state index in [1.807, 2.05) is 48.8 Å². The molecule has 0 saturated heterocycles. The first kappa shape index (κ1) is 37.4. The van der Waals surface area contributed by atoms with Crippen molar-refractivity contribution < 1.29 is 28.9 Å². The number of rotatable bonds is 2. The van der Waals surface area contributed by atoms with Crippen LogP contribution >= 0.6 is 0 Å². The molecule has 1 aliphatic carbocycles. The average Bonchev–Trinajstić information content (AvgIpc) is 3.63. The Morgan fingerprint density at radius 1 is 0.685 bits per heavy atom. The standard InChI is InChI=1S/C30H19FNO.C19H24N.Ir/c1-30(2)26-20(13-11-17-10-12-18(31)16-24(17)26)21-14-15-32-28(27(21)30)23-8-5-7-22-19-6-3-4-9-25(19)33-29(22)23;1-18(2,3)15-9-7-14(8-10-15)17-12-11-16(13-20-17)19(4,5)6;/h3-7,9-16H,1-2H3;7,9-13H,1-6H3;/q2*-1;. The summed E-state index contributed by atoms with van der Waals surface area (Å²) in [7, 11) is 0. The molecule has 0 atom stereocenters. The molecule has 3 nitrogen and oxygen atoms in total. The number of fused-ring (bicyclic) bond motifs is 8. The Morgan fingerprint density at radius 3 is 2.11 bits per heavy atom. The second-order valence-electron chi connectivity index (χ2n) is 16.7. The van der Waals surface area contributed by atoms with Gasteiger partial charge in [0.15, 0.2) is 0 Å². The van der Waals surface area contributed by atoms with E-state index >= 15 is 0 Å². The van der Waals surface area contributed by atoms with Crippen LogP contribution in [0, 0.1) is 17.9 Å². The van der Waals surface area contributed by atoms with Crippen molar-refractivity contribution in [2.75, 3.05) is 0 Å². The van der Waals surface area contributed by atoms with Gasteiger partial charge in [0.05, 0.1) is 5.58 Å². The second kappa shape index (κ2) is 13.7. The van der Waals surface area contributed by atoms with Gasteiger partial charge in [-0.05, 0) is 85.1 Å². The normalized spacial score (nSPS) is 13.3. The third-order valence-corrected chi connectivity index (χ3v) is 10.6. The van der Waals surface area contributed by atoms with E-state index in [1.54, 1.807) is 6.07 Å². The SMILES string of the molecule is CC(C)(C)c1c[c-]c(-c2ccc(C(C)(C)C)cn2)cc1.CC1(C)c2c(ccnc2-c2[c-]ccc3c2oc2ccccc23)-c2ccc3ccc(F)cc3c21.[Ir]. The fourth-order valence-electron chi connectivity index (χ4n) is 7.74. The summed E-state index contributed by atoms with van der Waals surface area (Å²) in [6.07, 6.45) is 3.82. The van der Waals surface area contributed by atoms with Crippen LogP contribution in [0.5, 0.6) is 0 Å². The van der Waals surface area contributed by atoms with Gasteiger partial charge in [-0.3, -0.25) is 0 Å². The maximum Gasteiger partial charge on any atom is 0.123 e. The van der Waals surface area contributed by atoms with E-state index in [-0.39, 0.29) is 42.2 Å². The van der Waals surface area contributed by atoms with Crippen LogP contribution in [0.15, 0.2) is 120 Å². The number of para-hydroxylation sites is 1. The van der Waals surface area contributed by atoms with Gasteiger partial charge in [0, 0.05) is 43.3 Å². The molecule has 3 aromatic heterocycles. The summed E-state index contributed by atoms with van der Waals surface area (Å²) in [5.74, 6) is -0.221. The van der Waals surface area contributed by atoms with Gasteiger partial charge >= 0.3 is 0 Å². The van der Waals surface area contributed by atoms with Crippen LogP contribution in [0.2, 0.25) is 0 Å². The summed E-state index contributed by atoms with van der Waals surface area (Å²) in [4.78, 5) is 9.43. The zero-order chi connectivity index (χ0) is 37.3. The number of halogens is 1. The second-order valence-corrected chi connectivity index (χ2v) is 16.7. The summed E-state index contributed by atoms with van der Waals surface area (Å²) in [5.41, 5.74) is 12.4. The smallest absolute Gasteiger partial charge is 0.123 e. The van der Waals surface area contributed by atoms with Crippen molar-refractivity contribution in [2.45, 2.75) is 71.6 Å². The number of aromatic nitrogens is 2. The van der Waals surface area contributed by atoms with Crippen molar-refractivity contribution in [2.24, 2.45) is 0 Å². The van der Waals surface area contributed by atoms with Gasteiger partial charge in [-0.1, -0.05) is 115 Å². The van der Waals surface area contributed by atoms with Crippen LogP contribution in [0.3, 0.4) is 0 Å². The molecule has 0 spiro atoms. The zero-order valence-electron chi connectivity index (χ0n) is 32.0. The predicted molar refractivity (Wildman–Crippen MR) is 217 cm³/mol. The fraction of sp³-hybridized carbons (Fsp3) is 0.224. The van der Waals surface area contributed by atoms with E-state index in [4.69, 9.17) is 9.40 Å². The first-order valence-corrected chi connectivity index (χ1v) is 18.3. The van der Waals surface area contributed by atoms with E-state index in [1.165, 1.54) is 17.2 Å². The van der Waals surface area contributed by atoms with Crippen molar-refractivity contribution in [3.8, 4) is 33.6 Å². The van der Waals surface area contributed by atoms with Crippen LogP contribution in [0.4, 0.5) is 4.39 Å². The van der Waals surface area contributed by atoms with Gasteiger partial charge in [0.2, 0.25) is 0 Å². The van der Waals surface area contributed by atoms with Crippen LogP contribution in [-0.2, 0) is 36.4 Å². The molecule has 0 bridgehead atoms. The molecule has 1 aliphatic rings. The molecule has 0 amide bonds. The van der Waals surface area contributed by atoms with Gasteiger partial charge in [0.25, 0.3) is 0 Å². The molecule has 9 rings (SSSR count). The molecule has 273 valence electrons. The van der Waals surface area contributed by atoms with Crippen molar-refractivity contribution >= 4 is 32.7 Å². The van der Waals surface area contributed by atoms with Gasteiger partial charge in [-0.25, -0.2) is 4.39 Å². The van der Waals surface area contributed by atoms with Crippen molar-refractivity contribution in [3.05, 3.63) is 156 Å². The minimum absolute atomic E-state index is 0. The maximum atomic E-state index is 14.3. The molecule has 54 heavy (non-hydrogen) atoms. The number of nitrogens with zero attached hydrogens (tertiary/aromatic N) is 2. The van der Waals surface area contributed by atoms with Gasteiger partial charge < -0.3 is 14.4 Å². The fourth-order valence-corrected chi connectivity index (χ4v) is 7.74. The molecule has 0 N–H and O–H groups in total. The van der Waals surface area contributed by atoms with E-state index in [0.29, 0.717) is 0 Å². The minimum atomic E-state index is -0.371. The zero-order valence-corrected chi connectivity index (χ0v) is 34.4. The van der Waals surface area contributed by atoms with Gasteiger partial charge in [0.1, 0.15) is 11.4 Å². The molecule has 1 radical (unpaired) electrons. The average molecular weight is 887 g/mol.